The Kier molecular flexibility index (Phi) is 5.35. The van der Waals surface area contributed by atoms with E-state index in [1.54, 1.807) is 0 Å². The van der Waals surface area contributed by atoms with Crippen LogP contribution in [0.3, 0.4) is 0 Å². The molecule has 5 heteroatoms. The summed E-state index contributed by atoms with van der Waals surface area (Å²) in [5, 5.41) is 3.46. The molecule has 0 N–H and O–H groups in total. The molecule has 0 radical (unpaired) electrons. The number of benzene rings is 7. The van der Waals surface area contributed by atoms with Crippen molar-refractivity contribution in [2.24, 2.45) is 0 Å². The van der Waals surface area contributed by atoms with Gasteiger partial charge in [-0.1, -0.05) is 145 Å². The van der Waals surface area contributed by atoms with Crippen molar-refractivity contribution in [3.8, 4) is 51.0 Å². The number of hydrogen-bond donors (Lipinski definition) is 0. The van der Waals surface area contributed by atoms with E-state index < -0.39 is 6.04 Å². The van der Waals surface area contributed by atoms with Crippen molar-refractivity contribution in [3.63, 3.8) is 0 Å². The molecule has 0 fully saturated rings. The monoisotopic (exact) mass is 645 g/mol. The van der Waals surface area contributed by atoms with Crippen LogP contribution in [0.15, 0.2) is 174 Å². The van der Waals surface area contributed by atoms with Crippen molar-refractivity contribution in [2.45, 2.75) is 0 Å². The molecule has 10 rings (SSSR count). The predicted octanol–water partition coefficient (Wildman–Crippen LogP) is 11.5. The van der Waals surface area contributed by atoms with E-state index >= 15 is 0 Å². The van der Waals surface area contributed by atoms with Gasteiger partial charge in [-0.15, -0.1) is 0 Å². The van der Waals surface area contributed by atoms with E-state index in [-0.39, 0.29) is 29.7 Å². The van der Waals surface area contributed by atoms with E-state index in [9.17, 15) is 0 Å². The Bertz CT molecular complexity index is 3070. The highest BCUT2D eigenvalue weighted by atomic mass is 16.3. The summed E-state index contributed by atoms with van der Waals surface area (Å²) in [6.07, 6.45) is 0. The van der Waals surface area contributed by atoms with Crippen molar-refractivity contribution in [3.05, 3.63) is 170 Å². The molecule has 0 atom stereocenters. The van der Waals surface area contributed by atoms with Crippen LogP contribution >= 0.6 is 0 Å². The summed E-state index contributed by atoms with van der Waals surface area (Å²) >= 11 is 0. The number of para-hydroxylation sites is 3. The molecule has 0 amide bonds. The molecule has 10 aromatic rings. The highest BCUT2D eigenvalue weighted by molar-refractivity contribution is 6.17. The van der Waals surface area contributed by atoms with Gasteiger partial charge in [0, 0.05) is 32.7 Å². The van der Waals surface area contributed by atoms with Crippen LogP contribution in [0, 0.1) is 0 Å². The average Bonchev–Trinajstić information content (AvgIpc) is 3.79. The minimum Gasteiger partial charge on any atom is -0.453 e. The Morgan fingerprint density at radius 1 is 0.440 bits per heavy atom. The molecule has 0 bridgehead atoms. The van der Waals surface area contributed by atoms with Crippen molar-refractivity contribution in [1.29, 1.82) is 0 Å². The molecule has 0 spiro atoms. The van der Waals surface area contributed by atoms with Gasteiger partial charge in [0.05, 0.1) is 29.1 Å². The van der Waals surface area contributed by atoms with Gasteiger partial charge in [0.25, 0.3) is 0 Å². The van der Waals surface area contributed by atoms with Crippen molar-refractivity contribution in [1.82, 2.24) is 19.5 Å². The Hall–Kier alpha value is -6.85. The summed E-state index contributed by atoms with van der Waals surface area (Å²) in [6, 6.07) is 43.7. The fourth-order valence-corrected chi connectivity index (χ4v) is 6.96. The van der Waals surface area contributed by atoms with Crippen LogP contribution in [0.25, 0.3) is 94.7 Å². The minimum atomic E-state index is -0.422. The largest absolute Gasteiger partial charge is 0.453 e. The van der Waals surface area contributed by atoms with Gasteiger partial charge in [0.15, 0.2) is 23.1 Å². The second-order valence-corrected chi connectivity index (χ2v) is 12.0. The van der Waals surface area contributed by atoms with Gasteiger partial charge in [-0.25, -0.2) is 15.0 Å². The van der Waals surface area contributed by atoms with E-state index in [1.807, 2.05) is 140 Å². The van der Waals surface area contributed by atoms with E-state index in [4.69, 9.17) is 26.2 Å². The fourth-order valence-electron chi connectivity index (χ4n) is 6.96. The summed E-state index contributed by atoms with van der Waals surface area (Å²) in [5.74, 6) is 1.59. The third-order valence-corrected chi connectivity index (χ3v) is 9.15. The van der Waals surface area contributed by atoms with Gasteiger partial charge in [0.1, 0.15) is 5.58 Å². The third kappa shape index (κ3) is 4.45. The number of rotatable bonds is 5. The topological polar surface area (TPSA) is 56.7 Å². The zero-order chi connectivity index (χ0) is 37.4. The highest BCUT2D eigenvalue weighted by Crippen LogP contribution is 2.42. The number of aromatic nitrogens is 4. The van der Waals surface area contributed by atoms with Crippen molar-refractivity contribution >= 4 is 43.7 Å². The number of furan rings is 1. The van der Waals surface area contributed by atoms with Crippen LogP contribution in [0.4, 0.5) is 0 Å². The van der Waals surface area contributed by atoms with Crippen molar-refractivity contribution in [2.75, 3.05) is 0 Å². The van der Waals surface area contributed by atoms with Gasteiger partial charge in [-0.2, -0.15) is 0 Å². The molecule has 0 saturated heterocycles. The van der Waals surface area contributed by atoms with Gasteiger partial charge in [-0.3, -0.25) is 0 Å². The molecular weight excluding hydrogens is 613 g/mol. The Morgan fingerprint density at radius 2 is 1.00 bits per heavy atom. The molecule has 0 saturated carbocycles. The fraction of sp³-hybridized carbons (Fsp3) is 0. The molecule has 5 nitrogen and oxygen atoms in total. The quantitative estimate of drug-likeness (QED) is 0.187. The Balaban J connectivity index is 1.23. The van der Waals surface area contributed by atoms with Gasteiger partial charge in [-0.05, 0) is 35.4 Å². The molecule has 3 aromatic heterocycles. The summed E-state index contributed by atoms with van der Waals surface area (Å²) < 4.78 is 51.6. The Labute approximate surface area is 294 Å². The number of fused-ring (bicyclic) bond motifs is 6. The lowest BCUT2D eigenvalue weighted by molar-refractivity contribution is 0.667. The zero-order valence-corrected chi connectivity index (χ0v) is 26.5. The van der Waals surface area contributed by atoms with Crippen LogP contribution in [0.2, 0.25) is 0 Å². The van der Waals surface area contributed by atoms with Crippen molar-refractivity contribution < 1.29 is 11.3 Å². The Morgan fingerprint density at radius 3 is 1.74 bits per heavy atom. The van der Waals surface area contributed by atoms with E-state index in [1.165, 1.54) is 0 Å². The molecule has 3 heterocycles. The predicted molar refractivity (Wildman–Crippen MR) is 203 cm³/mol. The second-order valence-electron chi connectivity index (χ2n) is 12.0. The number of hydrogen-bond acceptors (Lipinski definition) is 4. The molecule has 50 heavy (non-hydrogen) atoms. The summed E-state index contributed by atoms with van der Waals surface area (Å²) in [7, 11) is 0. The first-order valence-electron chi connectivity index (χ1n) is 18.8. The van der Waals surface area contributed by atoms with Crippen LogP contribution < -0.4 is 0 Å². The smallest absolute Gasteiger partial charge is 0.167 e. The first-order valence-corrected chi connectivity index (χ1v) is 16.3. The van der Waals surface area contributed by atoms with Gasteiger partial charge in [0.2, 0.25) is 0 Å². The van der Waals surface area contributed by atoms with Crippen LogP contribution in [-0.4, -0.2) is 19.5 Å². The van der Waals surface area contributed by atoms with E-state index in [0.29, 0.717) is 34.2 Å². The normalized spacial score (nSPS) is 13.0. The van der Waals surface area contributed by atoms with Gasteiger partial charge >= 0.3 is 0 Å². The van der Waals surface area contributed by atoms with Crippen LogP contribution in [0.5, 0.6) is 0 Å². The molecule has 0 aliphatic carbocycles. The third-order valence-electron chi connectivity index (χ3n) is 9.15. The standard InChI is InChI=1S/C45H28N4O/c1-4-15-29(16-5-1)32-22-13-27-38-40(32)35-21-10-11-26-37(35)49(38)39-28-14-24-34-33-23-12-25-36(41(33)50-42(34)39)45-47-43(30-17-6-2-7-18-30)46-44(48-45)31-19-8-3-9-20-31/h1-28H/i1D,4D,5D,15D,16D. The molecule has 0 aliphatic rings. The maximum atomic E-state index is 8.80. The van der Waals surface area contributed by atoms with Crippen LogP contribution in [-0.2, 0) is 0 Å². The van der Waals surface area contributed by atoms with E-state index in [2.05, 4.69) is 4.57 Å². The molecule has 0 unspecified atom stereocenters. The highest BCUT2D eigenvalue weighted by Gasteiger charge is 2.22. The molecular formula is C45H28N4O. The molecule has 0 aliphatic heterocycles. The van der Waals surface area contributed by atoms with E-state index in [0.717, 1.165) is 55.0 Å². The molecule has 234 valence electrons. The maximum absolute atomic E-state index is 8.80. The summed E-state index contributed by atoms with van der Waals surface area (Å²) in [5.41, 5.74) is 6.94. The lowest BCUT2D eigenvalue weighted by Gasteiger charge is -2.09. The molecule has 7 aromatic carbocycles. The van der Waals surface area contributed by atoms with Gasteiger partial charge < -0.3 is 8.98 Å². The average molecular weight is 646 g/mol. The lowest BCUT2D eigenvalue weighted by atomic mass is 9.99. The minimum absolute atomic E-state index is 0.160. The first-order chi connectivity index (χ1) is 26.9. The zero-order valence-electron chi connectivity index (χ0n) is 31.5. The lowest BCUT2D eigenvalue weighted by Crippen LogP contribution is -2.00. The maximum Gasteiger partial charge on any atom is 0.167 e. The second kappa shape index (κ2) is 11.4. The number of nitrogens with zero attached hydrogens (tertiary/aromatic N) is 4. The SMILES string of the molecule is [2H]c1c([2H])c([2H])c(-c2cccc3c2c2ccccc2n3-c2cccc3c2oc2c(-c4nc(-c5ccccc5)nc(-c5ccccc5)n4)cccc23)c([2H])c1[2H]. The van der Waals surface area contributed by atoms with Crippen LogP contribution in [0.1, 0.15) is 6.85 Å². The summed E-state index contributed by atoms with van der Waals surface area (Å²) in [6.45, 7) is 0. The first kappa shape index (κ1) is 23.5. The summed E-state index contributed by atoms with van der Waals surface area (Å²) in [4.78, 5) is 14.8.